The van der Waals surface area contributed by atoms with Crippen molar-refractivity contribution >= 4 is 46.7 Å². The molecule has 0 unspecified atom stereocenters. The molecule has 2 aromatic rings. The van der Waals surface area contributed by atoms with Gasteiger partial charge in [-0.15, -0.1) is 10.2 Å². The van der Waals surface area contributed by atoms with Crippen molar-refractivity contribution in [3.63, 3.8) is 0 Å². The first-order chi connectivity index (χ1) is 12.0. The van der Waals surface area contributed by atoms with Crippen molar-refractivity contribution in [3.8, 4) is 5.75 Å². The monoisotopic (exact) mass is 380 g/mol. The van der Waals surface area contributed by atoms with E-state index in [0.29, 0.717) is 33.7 Å². The molecule has 1 heterocycles. The summed E-state index contributed by atoms with van der Waals surface area (Å²) in [6, 6.07) is 8.31. The fourth-order valence-electron chi connectivity index (χ4n) is 1.80. The maximum Gasteiger partial charge on any atom is 0.234 e. The Morgan fingerprint density at radius 1 is 1.16 bits per heavy atom. The summed E-state index contributed by atoms with van der Waals surface area (Å²) in [6.45, 7) is 1.75. The van der Waals surface area contributed by atoms with E-state index in [9.17, 15) is 9.59 Å². The van der Waals surface area contributed by atoms with E-state index in [1.807, 2.05) is 0 Å². The number of nitrogens with zero attached hydrogens (tertiary/aromatic N) is 2. The molecule has 2 rings (SSSR count). The van der Waals surface area contributed by atoms with Crippen molar-refractivity contribution in [3.05, 3.63) is 35.4 Å². The number of carbonyl (C=O) groups is 2. The number of anilines is 2. The summed E-state index contributed by atoms with van der Waals surface area (Å²) in [7, 11) is 1.52. The Labute approximate surface area is 154 Å². The van der Waals surface area contributed by atoms with E-state index >= 15 is 0 Å². The average molecular weight is 381 g/mol. The van der Waals surface area contributed by atoms with E-state index in [2.05, 4.69) is 20.8 Å². The molecule has 2 amide bonds. The van der Waals surface area contributed by atoms with Gasteiger partial charge in [0.25, 0.3) is 0 Å². The lowest BCUT2D eigenvalue weighted by molar-refractivity contribution is -0.116. The third-order valence-corrected chi connectivity index (χ3v) is 4.17. The van der Waals surface area contributed by atoms with Crippen LogP contribution in [0.2, 0.25) is 5.02 Å². The molecule has 0 aliphatic rings. The molecule has 7 nitrogen and oxygen atoms in total. The maximum absolute atomic E-state index is 12.1. The van der Waals surface area contributed by atoms with Crippen LogP contribution >= 0.6 is 23.4 Å². The van der Waals surface area contributed by atoms with Gasteiger partial charge in [-0.2, -0.15) is 0 Å². The highest BCUT2D eigenvalue weighted by Gasteiger charge is 2.10. The Hall–Kier alpha value is -2.32. The molecule has 0 fully saturated rings. The zero-order chi connectivity index (χ0) is 18.2. The molecule has 132 valence electrons. The molecule has 0 aliphatic heterocycles. The van der Waals surface area contributed by atoms with Gasteiger partial charge in [0, 0.05) is 11.4 Å². The minimum atomic E-state index is -0.226. The van der Waals surface area contributed by atoms with E-state index < -0.39 is 0 Å². The third kappa shape index (κ3) is 5.91. The Bertz CT molecular complexity index is 756. The van der Waals surface area contributed by atoms with E-state index in [1.54, 1.807) is 37.3 Å². The van der Waals surface area contributed by atoms with Crippen molar-refractivity contribution in [2.24, 2.45) is 0 Å². The van der Waals surface area contributed by atoms with Crippen molar-refractivity contribution in [1.29, 1.82) is 0 Å². The number of aromatic nitrogens is 2. The lowest BCUT2D eigenvalue weighted by Gasteiger charge is -2.10. The second kappa shape index (κ2) is 9.24. The van der Waals surface area contributed by atoms with Gasteiger partial charge in [-0.05, 0) is 30.3 Å². The van der Waals surface area contributed by atoms with E-state index in [4.69, 9.17) is 16.3 Å². The Morgan fingerprint density at radius 2 is 1.96 bits per heavy atom. The van der Waals surface area contributed by atoms with Gasteiger partial charge in [-0.25, -0.2) is 0 Å². The third-order valence-electron chi connectivity index (χ3n) is 3.02. The van der Waals surface area contributed by atoms with Crippen LogP contribution in [0.25, 0.3) is 0 Å². The fourth-order valence-corrected chi connectivity index (χ4v) is 2.58. The van der Waals surface area contributed by atoms with E-state index in [1.165, 1.54) is 18.9 Å². The standard InChI is InChI=1S/C16H17ClN4O3S/c1-3-14(22)19-13-6-7-16(21-20-13)25-9-15(23)18-11-8-10(17)4-5-12(11)24-2/h4-8H,3,9H2,1-2H3,(H,18,23)(H,19,20,22). The van der Waals surface area contributed by atoms with Crippen LogP contribution in [0.1, 0.15) is 13.3 Å². The molecule has 0 saturated heterocycles. The van der Waals surface area contributed by atoms with Gasteiger partial charge in [0.05, 0.1) is 18.6 Å². The van der Waals surface area contributed by atoms with Crippen LogP contribution in [0.4, 0.5) is 11.5 Å². The molecule has 0 atom stereocenters. The fraction of sp³-hybridized carbons (Fsp3) is 0.250. The SMILES string of the molecule is CCC(=O)Nc1ccc(SCC(=O)Nc2cc(Cl)ccc2OC)nn1. The van der Waals surface area contributed by atoms with Gasteiger partial charge in [0.1, 0.15) is 10.8 Å². The summed E-state index contributed by atoms with van der Waals surface area (Å²) in [5.41, 5.74) is 0.504. The number of hydrogen-bond acceptors (Lipinski definition) is 6. The topological polar surface area (TPSA) is 93.2 Å². The zero-order valence-corrected chi connectivity index (χ0v) is 15.3. The summed E-state index contributed by atoms with van der Waals surface area (Å²) in [4.78, 5) is 23.4. The number of carbonyl (C=O) groups excluding carboxylic acids is 2. The molecule has 0 aliphatic carbocycles. The molecule has 0 spiro atoms. The van der Waals surface area contributed by atoms with Crippen molar-refractivity contribution in [1.82, 2.24) is 10.2 Å². The average Bonchev–Trinajstić information content (AvgIpc) is 2.61. The molecular weight excluding hydrogens is 364 g/mol. The van der Waals surface area contributed by atoms with Crippen molar-refractivity contribution in [2.75, 3.05) is 23.5 Å². The van der Waals surface area contributed by atoms with Crippen LogP contribution < -0.4 is 15.4 Å². The molecule has 0 saturated carbocycles. The molecule has 1 aromatic heterocycles. The second-order valence-electron chi connectivity index (χ2n) is 4.84. The normalized spacial score (nSPS) is 10.2. The predicted molar refractivity (Wildman–Crippen MR) is 98.3 cm³/mol. The first-order valence-corrected chi connectivity index (χ1v) is 8.78. The van der Waals surface area contributed by atoms with Crippen LogP contribution in [0, 0.1) is 0 Å². The van der Waals surface area contributed by atoms with Gasteiger partial charge in [0.2, 0.25) is 11.8 Å². The highest BCUT2D eigenvalue weighted by atomic mass is 35.5. The van der Waals surface area contributed by atoms with Crippen LogP contribution in [0.5, 0.6) is 5.75 Å². The van der Waals surface area contributed by atoms with Gasteiger partial charge in [-0.1, -0.05) is 30.3 Å². The molecule has 1 aromatic carbocycles. The molecule has 2 N–H and O–H groups in total. The number of methoxy groups -OCH3 is 1. The molecule has 0 bridgehead atoms. The van der Waals surface area contributed by atoms with Crippen LogP contribution in [-0.2, 0) is 9.59 Å². The van der Waals surface area contributed by atoms with Crippen LogP contribution in [-0.4, -0.2) is 34.9 Å². The number of halogens is 1. The number of benzene rings is 1. The summed E-state index contributed by atoms with van der Waals surface area (Å²) in [5, 5.41) is 14.3. The number of nitrogens with one attached hydrogen (secondary N) is 2. The number of ether oxygens (including phenoxy) is 1. The van der Waals surface area contributed by atoms with Gasteiger partial charge >= 0.3 is 0 Å². The van der Waals surface area contributed by atoms with E-state index in [-0.39, 0.29) is 17.6 Å². The summed E-state index contributed by atoms with van der Waals surface area (Å²) < 4.78 is 5.18. The first kappa shape index (κ1) is 19.0. The van der Waals surface area contributed by atoms with Crippen LogP contribution in [0.3, 0.4) is 0 Å². The molecule has 9 heteroatoms. The van der Waals surface area contributed by atoms with Gasteiger partial charge < -0.3 is 15.4 Å². The molecule has 0 radical (unpaired) electrons. The summed E-state index contributed by atoms with van der Waals surface area (Å²) >= 11 is 7.16. The number of rotatable bonds is 7. The second-order valence-corrected chi connectivity index (χ2v) is 6.27. The number of amides is 2. The van der Waals surface area contributed by atoms with E-state index in [0.717, 1.165) is 0 Å². The maximum atomic E-state index is 12.1. The Morgan fingerprint density at radius 3 is 2.60 bits per heavy atom. The summed E-state index contributed by atoms with van der Waals surface area (Å²) in [6.07, 6.45) is 0.366. The van der Waals surface area contributed by atoms with Gasteiger partial charge in [0.15, 0.2) is 5.82 Å². The zero-order valence-electron chi connectivity index (χ0n) is 13.7. The first-order valence-electron chi connectivity index (χ1n) is 7.41. The minimum Gasteiger partial charge on any atom is -0.495 e. The minimum absolute atomic E-state index is 0.135. The highest BCUT2D eigenvalue weighted by molar-refractivity contribution is 7.99. The van der Waals surface area contributed by atoms with Crippen LogP contribution in [0.15, 0.2) is 35.4 Å². The number of hydrogen-bond donors (Lipinski definition) is 2. The lowest BCUT2D eigenvalue weighted by atomic mass is 10.3. The Balaban J connectivity index is 1.90. The van der Waals surface area contributed by atoms with Crippen molar-refractivity contribution in [2.45, 2.75) is 18.4 Å². The van der Waals surface area contributed by atoms with Crippen molar-refractivity contribution < 1.29 is 14.3 Å². The highest BCUT2D eigenvalue weighted by Crippen LogP contribution is 2.28. The summed E-state index contributed by atoms with van der Waals surface area (Å²) in [5.74, 6) is 0.688. The Kier molecular flexibility index (Phi) is 7.03. The molecule has 25 heavy (non-hydrogen) atoms. The predicted octanol–water partition coefficient (Wildman–Crippen LogP) is 3.22. The van der Waals surface area contributed by atoms with Gasteiger partial charge in [-0.3, -0.25) is 9.59 Å². The number of thioether (sulfide) groups is 1. The largest absolute Gasteiger partial charge is 0.495 e. The quantitative estimate of drug-likeness (QED) is 0.716. The lowest BCUT2D eigenvalue weighted by Crippen LogP contribution is -2.15. The molecular formula is C16H17ClN4O3S. The smallest absolute Gasteiger partial charge is 0.234 e.